The molecule has 2 aromatic carbocycles. The molecule has 0 radical (unpaired) electrons. The number of hydrogen-bond donors (Lipinski definition) is 1. The molecule has 0 saturated carbocycles. The Balaban J connectivity index is 1.81. The molecule has 0 saturated heterocycles. The van der Waals surface area contributed by atoms with Gasteiger partial charge in [-0.2, -0.15) is 0 Å². The van der Waals surface area contributed by atoms with Gasteiger partial charge in [0.25, 0.3) is 11.6 Å². The van der Waals surface area contributed by atoms with Crippen LogP contribution in [0.25, 0.3) is 0 Å². The fourth-order valence-electron chi connectivity index (χ4n) is 2.31. The lowest BCUT2D eigenvalue weighted by Gasteiger charge is -2.09. The summed E-state index contributed by atoms with van der Waals surface area (Å²) in [6.07, 6.45) is 0.788. The maximum absolute atomic E-state index is 12.4. The molecule has 0 spiro atoms. The zero-order valence-electron chi connectivity index (χ0n) is 13.5. The number of carbonyl (C=O) groups is 1. The van der Waals surface area contributed by atoms with Crippen LogP contribution < -0.4 is 19.5 Å². The second kappa shape index (κ2) is 7.08. The van der Waals surface area contributed by atoms with Crippen molar-refractivity contribution >= 4 is 17.3 Å². The van der Waals surface area contributed by atoms with Gasteiger partial charge < -0.3 is 19.5 Å². The molecule has 130 valence electrons. The number of anilines is 1. The molecule has 0 unspecified atom stereocenters. The summed E-state index contributed by atoms with van der Waals surface area (Å²) < 4.78 is 15.8. The Hall–Kier alpha value is -3.29. The molecule has 25 heavy (non-hydrogen) atoms. The van der Waals surface area contributed by atoms with Gasteiger partial charge in [-0.05, 0) is 36.8 Å². The van der Waals surface area contributed by atoms with Gasteiger partial charge in [-0.3, -0.25) is 14.9 Å². The first-order chi connectivity index (χ1) is 12.1. The predicted octanol–water partition coefficient (Wildman–Crippen LogP) is 3.36. The van der Waals surface area contributed by atoms with Crippen LogP contribution in [0, 0.1) is 10.1 Å². The molecule has 1 heterocycles. The fourth-order valence-corrected chi connectivity index (χ4v) is 2.31. The minimum Gasteiger partial charge on any atom is -0.493 e. The zero-order valence-corrected chi connectivity index (χ0v) is 13.5. The molecule has 0 aliphatic carbocycles. The van der Waals surface area contributed by atoms with E-state index in [9.17, 15) is 14.9 Å². The summed E-state index contributed by atoms with van der Waals surface area (Å²) in [6.45, 7) is 2.50. The van der Waals surface area contributed by atoms with Crippen molar-refractivity contribution in [2.45, 2.75) is 13.3 Å². The first-order valence-electron chi connectivity index (χ1n) is 7.70. The highest BCUT2D eigenvalue weighted by Gasteiger charge is 2.20. The summed E-state index contributed by atoms with van der Waals surface area (Å²) in [4.78, 5) is 23.1. The lowest BCUT2D eigenvalue weighted by atomic mass is 10.1. The molecule has 1 N–H and O–H groups in total. The van der Waals surface area contributed by atoms with Crippen molar-refractivity contribution in [2.24, 2.45) is 0 Å². The van der Waals surface area contributed by atoms with E-state index in [1.807, 2.05) is 6.92 Å². The van der Waals surface area contributed by atoms with E-state index < -0.39 is 10.8 Å². The number of fused-ring (bicyclic) bond motifs is 1. The molecule has 0 fully saturated rings. The largest absolute Gasteiger partial charge is 0.493 e. The first-order valence-corrected chi connectivity index (χ1v) is 7.70. The fraction of sp³-hybridized carbons (Fsp3) is 0.235. The maximum atomic E-state index is 12.4. The highest BCUT2D eigenvalue weighted by atomic mass is 16.7. The average molecular weight is 344 g/mol. The van der Waals surface area contributed by atoms with Crippen molar-refractivity contribution in [1.29, 1.82) is 0 Å². The van der Waals surface area contributed by atoms with Crippen LogP contribution in [-0.4, -0.2) is 24.2 Å². The van der Waals surface area contributed by atoms with Crippen molar-refractivity contribution in [3.63, 3.8) is 0 Å². The normalized spacial score (nSPS) is 11.9. The number of nitrogens with zero attached hydrogens (tertiary/aromatic N) is 1. The Morgan fingerprint density at radius 2 is 2.04 bits per heavy atom. The lowest BCUT2D eigenvalue weighted by molar-refractivity contribution is -0.384. The highest BCUT2D eigenvalue weighted by Crippen LogP contribution is 2.33. The zero-order chi connectivity index (χ0) is 17.8. The maximum Gasteiger partial charge on any atom is 0.296 e. The van der Waals surface area contributed by atoms with Gasteiger partial charge in [0.2, 0.25) is 6.79 Å². The second-order valence-electron chi connectivity index (χ2n) is 5.31. The summed E-state index contributed by atoms with van der Waals surface area (Å²) in [6, 6.07) is 9.04. The SMILES string of the molecule is CCCOc1ccc(NC(=O)c2ccc3c(c2)OCO3)c([N+](=O)[O-])c1. The van der Waals surface area contributed by atoms with Gasteiger partial charge in [0, 0.05) is 5.56 Å². The van der Waals surface area contributed by atoms with Crippen LogP contribution in [0.1, 0.15) is 23.7 Å². The number of nitro groups is 1. The molecule has 0 bridgehead atoms. The number of nitrogens with one attached hydrogen (secondary N) is 1. The van der Waals surface area contributed by atoms with Gasteiger partial charge in [-0.25, -0.2) is 0 Å². The summed E-state index contributed by atoms with van der Waals surface area (Å²) in [5.41, 5.74) is 0.170. The molecule has 0 atom stereocenters. The summed E-state index contributed by atoms with van der Waals surface area (Å²) in [5, 5.41) is 13.8. The van der Waals surface area contributed by atoms with E-state index in [1.165, 1.54) is 18.2 Å². The number of hydrogen-bond acceptors (Lipinski definition) is 6. The summed E-state index contributed by atoms with van der Waals surface area (Å²) >= 11 is 0. The number of ether oxygens (including phenoxy) is 3. The van der Waals surface area contributed by atoms with Crippen molar-refractivity contribution in [3.05, 3.63) is 52.1 Å². The topological polar surface area (TPSA) is 99.9 Å². The molecule has 1 amide bonds. The van der Waals surface area contributed by atoms with E-state index in [-0.39, 0.29) is 18.2 Å². The minimum atomic E-state index is -0.561. The van der Waals surface area contributed by atoms with E-state index >= 15 is 0 Å². The Bertz CT molecular complexity index is 821. The molecule has 1 aliphatic rings. The quantitative estimate of drug-likeness (QED) is 0.637. The monoisotopic (exact) mass is 344 g/mol. The molecular weight excluding hydrogens is 328 g/mol. The number of benzene rings is 2. The van der Waals surface area contributed by atoms with E-state index in [1.54, 1.807) is 18.2 Å². The predicted molar refractivity (Wildman–Crippen MR) is 89.4 cm³/mol. The van der Waals surface area contributed by atoms with E-state index in [2.05, 4.69) is 5.32 Å². The number of carbonyl (C=O) groups excluding carboxylic acids is 1. The third kappa shape index (κ3) is 3.63. The van der Waals surface area contributed by atoms with Gasteiger partial charge in [0.15, 0.2) is 11.5 Å². The van der Waals surface area contributed by atoms with Crippen molar-refractivity contribution in [2.75, 3.05) is 18.7 Å². The number of rotatable bonds is 6. The third-order valence-corrected chi connectivity index (χ3v) is 3.52. The van der Waals surface area contributed by atoms with Crippen LogP contribution >= 0.6 is 0 Å². The van der Waals surface area contributed by atoms with Crippen LogP contribution in [0.4, 0.5) is 11.4 Å². The molecule has 8 heteroatoms. The summed E-state index contributed by atoms with van der Waals surface area (Å²) in [5.74, 6) is 0.920. The summed E-state index contributed by atoms with van der Waals surface area (Å²) in [7, 11) is 0. The van der Waals surface area contributed by atoms with Gasteiger partial charge in [0.05, 0.1) is 17.6 Å². The second-order valence-corrected chi connectivity index (χ2v) is 5.31. The van der Waals surface area contributed by atoms with Crippen molar-refractivity contribution in [1.82, 2.24) is 0 Å². The minimum absolute atomic E-state index is 0.0940. The Morgan fingerprint density at radius 1 is 1.24 bits per heavy atom. The van der Waals surface area contributed by atoms with Gasteiger partial charge in [0.1, 0.15) is 11.4 Å². The number of nitro benzene ring substituents is 1. The van der Waals surface area contributed by atoms with Crippen LogP contribution in [0.2, 0.25) is 0 Å². The van der Waals surface area contributed by atoms with Crippen molar-refractivity contribution < 1.29 is 23.9 Å². The highest BCUT2D eigenvalue weighted by molar-refractivity contribution is 6.05. The van der Waals surface area contributed by atoms with Crippen molar-refractivity contribution in [3.8, 4) is 17.2 Å². The Kier molecular flexibility index (Phi) is 4.69. The standard InChI is InChI=1S/C17H16N2O6/c1-2-7-23-12-4-5-13(14(9-12)19(21)22)18-17(20)11-3-6-15-16(8-11)25-10-24-15/h3-6,8-9H,2,7,10H2,1H3,(H,18,20). The number of amides is 1. The Labute approximate surface area is 143 Å². The Morgan fingerprint density at radius 3 is 2.80 bits per heavy atom. The van der Waals surface area contributed by atoms with Gasteiger partial charge >= 0.3 is 0 Å². The average Bonchev–Trinajstić information content (AvgIpc) is 3.08. The van der Waals surface area contributed by atoms with Crippen LogP contribution in [0.3, 0.4) is 0 Å². The molecule has 2 aromatic rings. The molecule has 8 nitrogen and oxygen atoms in total. The third-order valence-electron chi connectivity index (χ3n) is 3.52. The van der Waals surface area contributed by atoms with E-state index in [0.717, 1.165) is 6.42 Å². The first kappa shape index (κ1) is 16.6. The van der Waals surface area contributed by atoms with Crippen LogP contribution in [0.15, 0.2) is 36.4 Å². The molecule has 3 rings (SSSR count). The van der Waals surface area contributed by atoms with E-state index in [0.29, 0.717) is 29.4 Å². The van der Waals surface area contributed by atoms with Gasteiger partial charge in [-0.1, -0.05) is 6.92 Å². The molecular formula is C17H16N2O6. The molecule has 0 aromatic heterocycles. The van der Waals surface area contributed by atoms with E-state index in [4.69, 9.17) is 14.2 Å². The van der Waals surface area contributed by atoms with Crippen LogP contribution in [-0.2, 0) is 0 Å². The lowest BCUT2D eigenvalue weighted by Crippen LogP contribution is -2.13. The molecule has 1 aliphatic heterocycles. The van der Waals surface area contributed by atoms with Crippen LogP contribution in [0.5, 0.6) is 17.2 Å². The smallest absolute Gasteiger partial charge is 0.296 e. The van der Waals surface area contributed by atoms with Gasteiger partial charge in [-0.15, -0.1) is 0 Å².